The molecule has 7 heteroatoms. The molecule has 0 radical (unpaired) electrons. The summed E-state index contributed by atoms with van der Waals surface area (Å²) in [6, 6.07) is -0.0174. The highest BCUT2D eigenvalue weighted by Gasteiger charge is 2.42. The van der Waals surface area contributed by atoms with E-state index >= 15 is 0 Å². The Morgan fingerprint density at radius 1 is 1.30 bits per heavy atom. The van der Waals surface area contributed by atoms with Gasteiger partial charge in [0.1, 0.15) is 4.90 Å². The Labute approximate surface area is 119 Å². The van der Waals surface area contributed by atoms with Gasteiger partial charge in [-0.2, -0.15) is 9.40 Å². The number of fused-ring (bicyclic) bond motifs is 1. The molecule has 2 heterocycles. The molecule has 1 saturated carbocycles. The van der Waals surface area contributed by atoms with Gasteiger partial charge in [0.2, 0.25) is 10.0 Å². The zero-order valence-corrected chi connectivity index (χ0v) is 12.7. The van der Waals surface area contributed by atoms with E-state index in [1.54, 1.807) is 18.2 Å². The number of rotatable bonds is 2. The van der Waals surface area contributed by atoms with E-state index in [1.165, 1.54) is 0 Å². The summed E-state index contributed by atoms with van der Waals surface area (Å²) in [6.45, 7) is 4.41. The molecule has 1 aliphatic heterocycles. The smallest absolute Gasteiger partial charge is 0.247 e. The molecule has 0 unspecified atom stereocenters. The molecule has 2 aliphatic rings. The van der Waals surface area contributed by atoms with Crippen molar-refractivity contribution < 1.29 is 13.2 Å². The molecule has 0 spiro atoms. The third kappa shape index (κ3) is 2.17. The standard InChI is InChI=1S/C13H21N3O3S/c1-9-13(10(2)15-14-9)20(17,18)16-7-8-19-12-6-4-3-5-11(12)16/h11-12H,3-8H2,1-2H3,(H,14,15)/t11-,12+/m1/s1. The Hall–Kier alpha value is -0.920. The second kappa shape index (κ2) is 5.13. The van der Waals surface area contributed by atoms with Crippen molar-refractivity contribution in [2.45, 2.75) is 56.6 Å². The fraction of sp³-hybridized carbons (Fsp3) is 0.769. The number of aryl methyl sites for hydroxylation is 2. The third-order valence-electron chi connectivity index (χ3n) is 4.31. The lowest BCUT2D eigenvalue weighted by atomic mass is 9.91. The molecule has 2 atom stereocenters. The first-order valence-corrected chi connectivity index (χ1v) is 8.61. The normalized spacial score (nSPS) is 28.3. The molecule has 112 valence electrons. The first kappa shape index (κ1) is 14.0. The fourth-order valence-electron chi connectivity index (χ4n) is 3.40. The summed E-state index contributed by atoms with van der Waals surface area (Å²) in [7, 11) is -3.49. The molecule has 1 saturated heterocycles. The van der Waals surface area contributed by atoms with Crippen LogP contribution in [0.1, 0.15) is 37.1 Å². The second-order valence-corrected chi connectivity index (χ2v) is 7.47. The maximum absolute atomic E-state index is 13.0. The van der Waals surface area contributed by atoms with Crippen LogP contribution in [0.25, 0.3) is 0 Å². The first-order valence-electron chi connectivity index (χ1n) is 7.17. The molecule has 1 aromatic heterocycles. The van der Waals surface area contributed by atoms with Crippen LogP contribution < -0.4 is 0 Å². The van der Waals surface area contributed by atoms with Gasteiger partial charge in [0.25, 0.3) is 0 Å². The summed E-state index contributed by atoms with van der Waals surface area (Å²) >= 11 is 0. The van der Waals surface area contributed by atoms with Gasteiger partial charge in [-0.15, -0.1) is 0 Å². The van der Waals surface area contributed by atoms with E-state index in [-0.39, 0.29) is 12.1 Å². The van der Waals surface area contributed by atoms with E-state index in [9.17, 15) is 8.42 Å². The average molecular weight is 299 g/mol. The minimum absolute atomic E-state index is 0.0174. The summed E-state index contributed by atoms with van der Waals surface area (Å²) < 4.78 is 33.3. The Balaban J connectivity index is 1.98. The van der Waals surface area contributed by atoms with E-state index in [1.807, 2.05) is 0 Å². The van der Waals surface area contributed by atoms with Crippen molar-refractivity contribution in [1.29, 1.82) is 0 Å². The number of morpholine rings is 1. The lowest BCUT2D eigenvalue weighted by molar-refractivity contribution is -0.0586. The second-order valence-electron chi connectivity index (χ2n) is 5.64. The molecule has 2 fully saturated rings. The average Bonchev–Trinajstić information content (AvgIpc) is 2.78. The van der Waals surface area contributed by atoms with Crippen LogP contribution >= 0.6 is 0 Å². The van der Waals surface area contributed by atoms with Crippen LogP contribution in [0.2, 0.25) is 0 Å². The van der Waals surface area contributed by atoms with Crippen molar-refractivity contribution in [3.63, 3.8) is 0 Å². The number of sulfonamides is 1. The van der Waals surface area contributed by atoms with Gasteiger partial charge in [0.15, 0.2) is 0 Å². The van der Waals surface area contributed by atoms with Crippen molar-refractivity contribution in [2.24, 2.45) is 0 Å². The number of aromatic amines is 1. The van der Waals surface area contributed by atoms with Gasteiger partial charge in [-0.3, -0.25) is 5.10 Å². The van der Waals surface area contributed by atoms with Crippen LogP contribution in [0.3, 0.4) is 0 Å². The Morgan fingerprint density at radius 3 is 2.75 bits per heavy atom. The van der Waals surface area contributed by atoms with Gasteiger partial charge < -0.3 is 4.74 Å². The van der Waals surface area contributed by atoms with E-state index in [0.29, 0.717) is 29.4 Å². The number of H-pyrrole nitrogens is 1. The predicted octanol–water partition coefficient (Wildman–Crippen LogP) is 1.36. The maximum Gasteiger partial charge on any atom is 0.247 e. The van der Waals surface area contributed by atoms with Crippen LogP contribution in [0.15, 0.2) is 4.90 Å². The van der Waals surface area contributed by atoms with Gasteiger partial charge in [-0.1, -0.05) is 12.8 Å². The topological polar surface area (TPSA) is 75.3 Å². The number of nitrogens with zero attached hydrogens (tertiary/aromatic N) is 2. The van der Waals surface area contributed by atoms with Gasteiger partial charge in [0, 0.05) is 6.54 Å². The molecule has 0 amide bonds. The molecule has 6 nitrogen and oxygen atoms in total. The minimum atomic E-state index is -3.49. The number of hydrogen-bond acceptors (Lipinski definition) is 4. The lowest BCUT2D eigenvalue weighted by Gasteiger charge is -2.42. The van der Waals surface area contributed by atoms with Gasteiger partial charge in [-0.05, 0) is 26.7 Å². The highest BCUT2D eigenvalue weighted by molar-refractivity contribution is 7.89. The van der Waals surface area contributed by atoms with Crippen LogP contribution in [0, 0.1) is 13.8 Å². The molecule has 0 bridgehead atoms. The van der Waals surface area contributed by atoms with Gasteiger partial charge in [-0.25, -0.2) is 8.42 Å². The predicted molar refractivity (Wildman–Crippen MR) is 73.9 cm³/mol. The Bertz CT molecular complexity index is 575. The lowest BCUT2D eigenvalue weighted by Crippen LogP contribution is -2.54. The molecule has 0 aromatic carbocycles. The summed E-state index contributed by atoms with van der Waals surface area (Å²) in [6.07, 6.45) is 4.10. The van der Waals surface area contributed by atoms with E-state index in [0.717, 1.165) is 25.7 Å². The van der Waals surface area contributed by atoms with Crippen molar-refractivity contribution in [1.82, 2.24) is 14.5 Å². The number of hydrogen-bond donors (Lipinski definition) is 1. The van der Waals surface area contributed by atoms with Crippen LogP contribution in [-0.4, -0.2) is 48.2 Å². The quantitative estimate of drug-likeness (QED) is 0.894. The van der Waals surface area contributed by atoms with Crippen molar-refractivity contribution in [3.8, 4) is 0 Å². The monoisotopic (exact) mass is 299 g/mol. The summed E-state index contributed by atoms with van der Waals surface area (Å²) in [5, 5.41) is 6.79. The first-order chi connectivity index (χ1) is 9.51. The zero-order valence-electron chi connectivity index (χ0n) is 11.9. The molecular formula is C13H21N3O3S. The minimum Gasteiger partial charge on any atom is -0.375 e. The van der Waals surface area contributed by atoms with E-state index in [4.69, 9.17) is 4.74 Å². The fourth-order valence-corrected chi connectivity index (χ4v) is 5.40. The number of ether oxygens (including phenoxy) is 1. The van der Waals surface area contributed by atoms with Crippen molar-refractivity contribution in [3.05, 3.63) is 11.4 Å². The van der Waals surface area contributed by atoms with E-state index < -0.39 is 10.0 Å². The van der Waals surface area contributed by atoms with Gasteiger partial charge in [0.05, 0.1) is 30.1 Å². The van der Waals surface area contributed by atoms with E-state index in [2.05, 4.69) is 10.2 Å². The number of nitrogens with one attached hydrogen (secondary N) is 1. The zero-order chi connectivity index (χ0) is 14.3. The Kier molecular flexibility index (Phi) is 3.60. The maximum atomic E-state index is 13.0. The highest BCUT2D eigenvalue weighted by atomic mass is 32.2. The molecule has 1 aromatic rings. The van der Waals surface area contributed by atoms with Crippen molar-refractivity contribution >= 4 is 10.0 Å². The summed E-state index contributed by atoms with van der Waals surface area (Å²) in [5.41, 5.74) is 1.16. The molecular weight excluding hydrogens is 278 g/mol. The van der Waals surface area contributed by atoms with Crippen molar-refractivity contribution in [2.75, 3.05) is 13.2 Å². The van der Waals surface area contributed by atoms with Gasteiger partial charge >= 0.3 is 0 Å². The summed E-state index contributed by atoms with van der Waals surface area (Å²) in [4.78, 5) is 0.337. The third-order valence-corrected chi connectivity index (χ3v) is 6.50. The largest absolute Gasteiger partial charge is 0.375 e. The van der Waals surface area contributed by atoms with Crippen LogP contribution in [0.5, 0.6) is 0 Å². The van der Waals surface area contributed by atoms with Crippen LogP contribution in [-0.2, 0) is 14.8 Å². The van der Waals surface area contributed by atoms with Crippen LogP contribution in [0.4, 0.5) is 0 Å². The molecule has 3 rings (SSSR count). The summed E-state index contributed by atoms with van der Waals surface area (Å²) in [5.74, 6) is 0. The molecule has 1 aliphatic carbocycles. The SMILES string of the molecule is Cc1n[nH]c(C)c1S(=O)(=O)N1CCO[C@H]2CCCC[C@H]21. The Morgan fingerprint density at radius 2 is 2.05 bits per heavy atom. The molecule has 20 heavy (non-hydrogen) atoms. The highest BCUT2D eigenvalue weighted by Crippen LogP contribution is 2.33. The molecule has 1 N–H and O–H groups in total. The number of aromatic nitrogens is 2.